The van der Waals surface area contributed by atoms with E-state index in [0.29, 0.717) is 10.8 Å². The second-order valence-corrected chi connectivity index (χ2v) is 9.55. The quantitative estimate of drug-likeness (QED) is 0.768. The van der Waals surface area contributed by atoms with Gasteiger partial charge in [0.25, 0.3) is 0 Å². The number of aliphatic hydroxyl groups excluding tert-OH is 1. The van der Waals surface area contributed by atoms with Gasteiger partial charge in [-0.15, -0.1) is 0 Å². The second kappa shape index (κ2) is 5.21. The zero-order valence-corrected chi connectivity index (χ0v) is 14.8. The highest BCUT2D eigenvalue weighted by molar-refractivity contribution is 5.10. The monoisotopic (exact) mass is 305 g/mol. The first kappa shape index (κ1) is 15.4. The van der Waals surface area contributed by atoms with E-state index in [2.05, 4.69) is 26.2 Å². The molecule has 2 heteroatoms. The van der Waals surface area contributed by atoms with Crippen molar-refractivity contribution >= 4 is 0 Å². The van der Waals surface area contributed by atoms with Crippen molar-refractivity contribution in [2.45, 2.75) is 83.8 Å². The van der Waals surface area contributed by atoms with Crippen LogP contribution in [-0.2, 0) is 0 Å². The molecular formula is C20H35NO. The number of nitrogens with one attached hydrogen (secondary N) is 1. The van der Waals surface area contributed by atoms with Gasteiger partial charge < -0.3 is 10.4 Å². The molecule has 0 aromatic carbocycles. The van der Waals surface area contributed by atoms with Gasteiger partial charge in [-0.05, 0) is 99.3 Å². The number of rotatable bonds is 1. The fourth-order valence-corrected chi connectivity index (χ4v) is 7.71. The summed E-state index contributed by atoms with van der Waals surface area (Å²) in [5, 5.41) is 13.7. The molecule has 4 fully saturated rings. The van der Waals surface area contributed by atoms with E-state index in [9.17, 15) is 5.11 Å². The molecule has 22 heavy (non-hydrogen) atoms. The normalized spacial score (nSPS) is 57.8. The first-order chi connectivity index (χ1) is 10.5. The van der Waals surface area contributed by atoms with E-state index in [0.717, 1.165) is 42.6 Å². The summed E-state index contributed by atoms with van der Waals surface area (Å²) in [7, 11) is 2.17. The van der Waals surface area contributed by atoms with Gasteiger partial charge in [0, 0.05) is 6.04 Å². The third-order valence-corrected chi connectivity index (χ3v) is 8.99. The molecule has 0 bridgehead atoms. The summed E-state index contributed by atoms with van der Waals surface area (Å²) in [6, 6.07) is 0.747. The van der Waals surface area contributed by atoms with Crippen LogP contribution in [0.2, 0.25) is 0 Å². The van der Waals surface area contributed by atoms with Gasteiger partial charge in [0.05, 0.1) is 6.10 Å². The van der Waals surface area contributed by atoms with Crippen LogP contribution < -0.4 is 5.32 Å². The Morgan fingerprint density at radius 3 is 2.36 bits per heavy atom. The van der Waals surface area contributed by atoms with Crippen LogP contribution in [0.4, 0.5) is 0 Å². The molecule has 0 heterocycles. The molecule has 2 N–H and O–H groups in total. The maximum atomic E-state index is 10.1. The van der Waals surface area contributed by atoms with E-state index < -0.39 is 0 Å². The van der Waals surface area contributed by atoms with Gasteiger partial charge in [0.15, 0.2) is 0 Å². The van der Waals surface area contributed by atoms with Gasteiger partial charge in [0.2, 0.25) is 0 Å². The van der Waals surface area contributed by atoms with Gasteiger partial charge in [-0.25, -0.2) is 0 Å². The molecule has 0 saturated heterocycles. The minimum atomic E-state index is -0.0105. The van der Waals surface area contributed by atoms with E-state index >= 15 is 0 Å². The molecule has 8 atom stereocenters. The predicted octanol–water partition coefficient (Wildman–Crippen LogP) is 3.98. The average molecular weight is 306 g/mol. The summed E-state index contributed by atoms with van der Waals surface area (Å²) < 4.78 is 0. The van der Waals surface area contributed by atoms with Crippen LogP contribution in [0.25, 0.3) is 0 Å². The molecule has 0 aromatic rings. The summed E-state index contributed by atoms with van der Waals surface area (Å²) in [6.45, 7) is 5.18. The van der Waals surface area contributed by atoms with Crippen LogP contribution in [0.1, 0.15) is 71.6 Å². The maximum Gasteiger partial charge on any atom is 0.0543 e. The molecule has 0 radical (unpaired) electrons. The van der Waals surface area contributed by atoms with Crippen LogP contribution in [0.15, 0.2) is 0 Å². The van der Waals surface area contributed by atoms with Crippen LogP contribution in [-0.4, -0.2) is 24.3 Å². The lowest BCUT2D eigenvalue weighted by Crippen LogP contribution is -2.55. The van der Waals surface area contributed by atoms with E-state index in [4.69, 9.17) is 0 Å². The van der Waals surface area contributed by atoms with Gasteiger partial charge in [-0.2, -0.15) is 0 Å². The molecule has 4 rings (SSSR count). The smallest absolute Gasteiger partial charge is 0.0543 e. The Bertz CT molecular complexity index is 437. The third-order valence-electron chi connectivity index (χ3n) is 8.99. The van der Waals surface area contributed by atoms with Crippen molar-refractivity contribution in [2.24, 2.45) is 34.5 Å². The average Bonchev–Trinajstić information content (AvgIpc) is 2.84. The summed E-state index contributed by atoms with van der Waals surface area (Å²) >= 11 is 0. The van der Waals surface area contributed by atoms with E-state index in [1.54, 1.807) is 0 Å². The highest BCUT2D eigenvalue weighted by atomic mass is 16.3. The number of hydrogen-bond acceptors (Lipinski definition) is 2. The molecule has 0 amide bonds. The lowest BCUT2D eigenvalue weighted by atomic mass is 9.45. The van der Waals surface area contributed by atoms with Crippen molar-refractivity contribution in [3.05, 3.63) is 0 Å². The number of fused-ring (bicyclic) bond motifs is 5. The highest BCUT2D eigenvalue weighted by Gasteiger charge is 2.59. The maximum absolute atomic E-state index is 10.1. The molecule has 0 aliphatic heterocycles. The first-order valence-corrected chi connectivity index (χ1v) is 9.84. The zero-order valence-electron chi connectivity index (χ0n) is 14.8. The zero-order chi connectivity index (χ0) is 15.5. The molecule has 0 unspecified atom stereocenters. The van der Waals surface area contributed by atoms with Gasteiger partial charge in [-0.1, -0.05) is 13.8 Å². The molecule has 4 aliphatic rings. The Balaban J connectivity index is 1.61. The molecule has 126 valence electrons. The summed E-state index contributed by atoms with van der Waals surface area (Å²) in [5.74, 6) is 3.65. The minimum Gasteiger partial charge on any atom is -0.393 e. The van der Waals surface area contributed by atoms with Gasteiger partial charge in [-0.3, -0.25) is 0 Å². The standard InChI is InChI=1S/C20H35NO/c1-19-10-8-14(22)12-13(19)4-5-15-16-6-7-18(21-3)20(16,2)11-9-17(15)19/h13-18,21-22H,4-12H2,1-3H3/t13-,14+,15-,16-,17-,18-,19-,20-/m0/s1. The topological polar surface area (TPSA) is 32.3 Å². The number of hydrogen-bond donors (Lipinski definition) is 2. The van der Waals surface area contributed by atoms with Crippen molar-refractivity contribution in [3.63, 3.8) is 0 Å². The van der Waals surface area contributed by atoms with Crippen molar-refractivity contribution in [2.75, 3.05) is 7.05 Å². The Morgan fingerprint density at radius 1 is 0.864 bits per heavy atom. The predicted molar refractivity (Wildman–Crippen MR) is 90.6 cm³/mol. The fourth-order valence-electron chi connectivity index (χ4n) is 7.71. The lowest BCUT2D eigenvalue weighted by molar-refractivity contribution is -0.123. The summed E-state index contributed by atoms with van der Waals surface area (Å²) in [4.78, 5) is 0. The molecule has 2 nitrogen and oxygen atoms in total. The molecular weight excluding hydrogens is 270 g/mol. The molecule has 0 aromatic heterocycles. The Labute approximate surface area is 136 Å². The van der Waals surface area contributed by atoms with E-state index in [1.165, 1.54) is 44.9 Å². The third kappa shape index (κ3) is 1.99. The van der Waals surface area contributed by atoms with Crippen molar-refractivity contribution in [3.8, 4) is 0 Å². The highest BCUT2D eigenvalue weighted by Crippen LogP contribution is 2.66. The summed E-state index contributed by atoms with van der Waals surface area (Å²) in [6.07, 6.45) is 11.9. The van der Waals surface area contributed by atoms with E-state index in [1.807, 2.05) is 0 Å². The van der Waals surface area contributed by atoms with Crippen LogP contribution in [0.5, 0.6) is 0 Å². The number of aliphatic hydroxyl groups is 1. The van der Waals surface area contributed by atoms with Crippen molar-refractivity contribution in [1.82, 2.24) is 5.32 Å². The van der Waals surface area contributed by atoms with Crippen molar-refractivity contribution < 1.29 is 5.11 Å². The van der Waals surface area contributed by atoms with Crippen LogP contribution in [0, 0.1) is 34.5 Å². The Kier molecular flexibility index (Phi) is 3.66. The van der Waals surface area contributed by atoms with Gasteiger partial charge in [0.1, 0.15) is 0 Å². The lowest BCUT2D eigenvalue weighted by Gasteiger charge is -2.61. The Hall–Kier alpha value is -0.0800. The first-order valence-electron chi connectivity index (χ1n) is 9.84. The molecule has 4 aliphatic carbocycles. The van der Waals surface area contributed by atoms with Crippen LogP contribution in [0.3, 0.4) is 0 Å². The SMILES string of the molecule is CN[C@H]1CC[C@H]2[C@@H]3CC[C@H]4C[C@H](O)CC[C@]4(C)[C@H]3CC[C@]12C. The molecule has 0 spiro atoms. The largest absolute Gasteiger partial charge is 0.393 e. The fraction of sp³-hybridized carbons (Fsp3) is 1.00. The summed E-state index contributed by atoms with van der Waals surface area (Å²) in [5.41, 5.74) is 1.08. The molecule has 4 saturated carbocycles. The second-order valence-electron chi connectivity index (χ2n) is 9.55. The van der Waals surface area contributed by atoms with E-state index in [-0.39, 0.29) is 6.10 Å². The minimum absolute atomic E-state index is 0.0105. The Morgan fingerprint density at radius 2 is 1.59 bits per heavy atom. The van der Waals surface area contributed by atoms with Crippen LogP contribution >= 0.6 is 0 Å². The van der Waals surface area contributed by atoms with Gasteiger partial charge >= 0.3 is 0 Å². The van der Waals surface area contributed by atoms with Crippen molar-refractivity contribution in [1.29, 1.82) is 0 Å².